The number of piperidine rings is 1. The Morgan fingerprint density at radius 2 is 2.11 bits per heavy atom. The lowest BCUT2D eigenvalue weighted by molar-refractivity contribution is 0.164. The first kappa shape index (κ1) is 13.6. The van der Waals surface area contributed by atoms with Crippen LogP contribution < -0.4 is 5.32 Å². The molecule has 1 aromatic rings. The molecule has 0 bridgehead atoms. The number of likely N-dealkylation sites (tertiary alicyclic amines) is 1. The average molecular weight is 250 g/mol. The molecule has 1 aromatic heterocycles. The molecule has 1 fully saturated rings. The highest BCUT2D eigenvalue weighted by Crippen LogP contribution is 2.22. The molecule has 1 aliphatic rings. The van der Waals surface area contributed by atoms with Crippen LogP contribution in [0.2, 0.25) is 0 Å². The first-order valence-electron chi connectivity index (χ1n) is 7.31. The van der Waals surface area contributed by atoms with E-state index in [9.17, 15) is 0 Å². The van der Waals surface area contributed by atoms with Gasteiger partial charge in [-0.3, -0.25) is 4.90 Å². The van der Waals surface area contributed by atoms with E-state index in [2.05, 4.69) is 30.1 Å². The zero-order chi connectivity index (χ0) is 12.8. The Balaban J connectivity index is 1.84. The van der Waals surface area contributed by atoms with Crippen LogP contribution in [0.3, 0.4) is 0 Å². The molecule has 1 aliphatic heterocycles. The first-order chi connectivity index (χ1) is 8.83. The van der Waals surface area contributed by atoms with Gasteiger partial charge in [0.15, 0.2) is 0 Å². The predicted molar refractivity (Wildman–Crippen MR) is 74.4 cm³/mol. The van der Waals surface area contributed by atoms with E-state index in [4.69, 9.17) is 4.42 Å². The number of hydrogen-bond acceptors (Lipinski definition) is 3. The zero-order valence-corrected chi connectivity index (χ0v) is 11.7. The van der Waals surface area contributed by atoms with Crippen LogP contribution in [-0.2, 0) is 13.1 Å². The Labute approximate surface area is 111 Å². The summed E-state index contributed by atoms with van der Waals surface area (Å²) in [5, 5.41) is 3.37. The van der Waals surface area contributed by atoms with E-state index in [1.807, 2.05) is 6.26 Å². The van der Waals surface area contributed by atoms with E-state index in [0.29, 0.717) is 0 Å². The minimum atomic E-state index is 0.924. The molecule has 0 unspecified atom stereocenters. The van der Waals surface area contributed by atoms with Crippen LogP contribution >= 0.6 is 0 Å². The number of nitrogens with one attached hydrogen (secondary N) is 1. The summed E-state index contributed by atoms with van der Waals surface area (Å²) < 4.78 is 5.64. The number of furan rings is 1. The van der Waals surface area contributed by atoms with Gasteiger partial charge in [0, 0.05) is 12.1 Å². The zero-order valence-electron chi connectivity index (χ0n) is 11.7. The van der Waals surface area contributed by atoms with Gasteiger partial charge in [0.05, 0.1) is 12.8 Å². The SMILES string of the molecule is CCNCc1ccoc1CN1CCC(CC)CC1. The Bertz CT molecular complexity index is 340. The predicted octanol–water partition coefficient (Wildman–Crippen LogP) is 3.01. The first-order valence-corrected chi connectivity index (χ1v) is 7.31. The summed E-state index contributed by atoms with van der Waals surface area (Å²) in [6, 6.07) is 2.09. The standard InChI is InChI=1S/C15H26N2O/c1-3-13-5-8-17(9-6-13)12-15-14(7-10-18-15)11-16-4-2/h7,10,13,16H,3-6,8-9,11-12H2,1-2H3. The monoisotopic (exact) mass is 250 g/mol. The van der Waals surface area contributed by atoms with Gasteiger partial charge in [0.25, 0.3) is 0 Å². The van der Waals surface area contributed by atoms with Crippen molar-refractivity contribution < 1.29 is 4.42 Å². The third kappa shape index (κ3) is 3.59. The van der Waals surface area contributed by atoms with E-state index in [1.54, 1.807) is 0 Å². The van der Waals surface area contributed by atoms with Crippen molar-refractivity contribution in [1.82, 2.24) is 10.2 Å². The summed E-state index contributed by atoms with van der Waals surface area (Å²) in [6.45, 7) is 9.79. The second kappa shape index (κ2) is 6.95. The van der Waals surface area contributed by atoms with Gasteiger partial charge in [0.2, 0.25) is 0 Å². The lowest BCUT2D eigenvalue weighted by atomic mass is 9.94. The molecule has 0 saturated carbocycles. The molecule has 0 aromatic carbocycles. The van der Waals surface area contributed by atoms with E-state index < -0.39 is 0 Å². The van der Waals surface area contributed by atoms with Crippen LogP contribution in [0.15, 0.2) is 16.7 Å². The quantitative estimate of drug-likeness (QED) is 0.841. The molecule has 3 heteroatoms. The van der Waals surface area contributed by atoms with Gasteiger partial charge < -0.3 is 9.73 Å². The topological polar surface area (TPSA) is 28.4 Å². The fourth-order valence-electron chi connectivity index (χ4n) is 2.68. The van der Waals surface area contributed by atoms with E-state index in [0.717, 1.165) is 31.3 Å². The summed E-state index contributed by atoms with van der Waals surface area (Å²) in [6.07, 6.45) is 5.85. The Morgan fingerprint density at radius 3 is 2.78 bits per heavy atom. The normalized spacial score (nSPS) is 18.3. The maximum absolute atomic E-state index is 5.64. The lowest BCUT2D eigenvalue weighted by Crippen LogP contribution is -2.33. The van der Waals surface area contributed by atoms with E-state index in [1.165, 1.54) is 37.9 Å². The van der Waals surface area contributed by atoms with Crippen LogP contribution in [0.4, 0.5) is 0 Å². The molecule has 0 aliphatic carbocycles. The molecule has 3 nitrogen and oxygen atoms in total. The molecule has 2 rings (SSSR count). The fraction of sp³-hybridized carbons (Fsp3) is 0.733. The van der Waals surface area contributed by atoms with Gasteiger partial charge in [-0.1, -0.05) is 20.3 Å². The molecule has 1 N–H and O–H groups in total. The molecule has 2 heterocycles. The summed E-state index contributed by atoms with van der Waals surface area (Å²) in [4.78, 5) is 2.53. The molecule has 18 heavy (non-hydrogen) atoms. The molecule has 0 spiro atoms. The van der Waals surface area contributed by atoms with Crippen molar-refractivity contribution in [1.29, 1.82) is 0 Å². The van der Waals surface area contributed by atoms with Crippen molar-refractivity contribution in [2.24, 2.45) is 5.92 Å². The highest BCUT2D eigenvalue weighted by molar-refractivity contribution is 5.16. The van der Waals surface area contributed by atoms with Gasteiger partial charge >= 0.3 is 0 Å². The fourth-order valence-corrected chi connectivity index (χ4v) is 2.68. The van der Waals surface area contributed by atoms with E-state index in [-0.39, 0.29) is 0 Å². The number of nitrogens with zero attached hydrogens (tertiary/aromatic N) is 1. The summed E-state index contributed by atoms with van der Waals surface area (Å²) in [5.74, 6) is 2.09. The second-order valence-corrected chi connectivity index (χ2v) is 5.28. The number of rotatable bonds is 6. The average Bonchev–Trinajstić information content (AvgIpc) is 2.84. The Kier molecular flexibility index (Phi) is 5.26. The van der Waals surface area contributed by atoms with Crippen molar-refractivity contribution >= 4 is 0 Å². The van der Waals surface area contributed by atoms with Crippen molar-refractivity contribution in [3.63, 3.8) is 0 Å². The van der Waals surface area contributed by atoms with E-state index >= 15 is 0 Å². The van der Waals surface area contributed by atoms with Gasteiger partial charge in [0.1, 0.15) is 5.76 Å². The maximum atomic E-state index is 5.64. The molecular weight excluding hydrogens is 224 g/mol. The molecule has 1 saturated heterocycles. The third-order valence-corrected chi connectivity index (χ3v) is 4.05. The van der Waals surface area contributed by atoms with Crippen molar-refractivity contribution in [3.05, 3.63) is 23.7 Å². The number of hydrogen-bond donors (Lipinski definition) is 1. The minimum Gasteiger partial charge on any atom is -0.468 e. The Hall–Kier alpha value is -0.800. The second-order valence-electron chi connectivity index (χ2n) is 5.28. The van der Waals surface area contributed by atoms with Gasteiger partial charge in [-0.25, -0.2) is 0 Å². The molecule has 102 valence electrons. The smallest absolute Gasteiger partial charge is 0.122 e. The van der Waals surface area contributed by atoms with Gasteiger partial charge in [-0.15, -0.1) is 0 Å². The molecule has 0 radical (unpaired) electrons. The summed E-state index contributed by atoms with van der Waals surface area (Å²) in [7, 11) is 0. The van der Waals surface area contributed by atoms with Crippen molar-refractivity contribution in [2.45, 2.75) is 46.2 Å². The van der Waals surface area contributed by atoms with Crippen molar-refractivity contribution in [2.75, 3.05) is 19.6 Å². The van der Waals surface area contributed by atoms with Gasteiger partial charge in [-0.2, -0.15) is 0 Å². The van der Waals surface area contributed by atoms with Crippen LogP contribution in [0.1, 0.15) is 44.4 Å². The summed E-state index contributed by atoms with van der Waals surface area (Å²) in [5.41, 5.74) is 1.31. The van der Waals surface area contributed by atoms with Gasteiger partial charge in [-0.05, 0) is 44.5 Å². The molecule has 0 amide bonds. The van der Waals surface area contributed by atoms with Crippen LogP contribution in [-0.4, -0.2) is 24.5 Å². The third-order valence-electron chi connectivity index (χ3n) is 4.05. The molecule has 0 atom stereocenters. The maximum Gasteiger partial charge on any atom is 0.122 e. The Morgan fingerprint density at radius 1 is 1.33 bits per heavy atom. The van der Waals surface area contributed by atoms with Crippen molar-refractivity contribution in [3.8, 4) is 0 Å². The van der Waals surface area contributed by atoms with Crippen LogP contribution in [0, 0.1) is 5.92 Å². The largest absolute Gasteiger partial charge is 0.468 e. The van der Waals surface area contributed by atoms with Crippen LogP contribution in [0.25, 0.3) is 0 Å². The highest BCUT2D eigenvalue weighted by atomic mass is 16.3. The lowest BCUT2D eigenvalue weighted by Gasteiger charge is -2.31. The minimum absolute atomic E-state index is 0.924. The van der Waals surface area contributed by atoms with Crippen LogP contribution in [0.5, 0.6) is 0 Å². The molecular formula is C15H26N2O. The highest BCUT2D eigenvalue weighted by Gasteiger charge is 2.19. The summed E-state index contributed by atoms with van der Waals surface area (Å²) >= 11 is 0.